The van der Waals surface area contributed by atoms with E-state index in [0.717, 1.165) is 5.56 Å². The maximum absolute atomic E-state index is 14.1. The molecule has 0 saturated carbocycles. The number of thiazole rings is 1. The lowest BCUT2D eigenvalue weighted by molar-refractivity contribution is -0.138. The summed E-state index contributed by atoms with van der Waals surface area (Å²) in [4.78, 5) is 76.3. The molecule has 1 aromatic heterocycles. The number of imide groups is 1. The summed E-state index contributed by atoms with van der Waals surface area (Å²) in [6.07, 6.45) is 2.17. The van der Waals surface area contributed by atoms with E-state index in [9.17, 15) is 29.1 Å². The maximum atomic E-state index is 14.1. The number of ether oxygens (including phenoxy) is 1. The van der Waals surface area contributed by atoms with Crippen molar-refractivity contribution in [1.29, 1.82) is 0 Å². The van der Waals surface area contributed by atoms with E-state index in [1.165, 1.54) is 21.1 Å². The van der Waals surface area contributed by atoms with Crippen LogP contribution in [-0.2, 0) is 11.2 Å². The van der Waals surface area contributed by atoms with Crippen molar-refractivity contribution in [3.05, 3.63) is 81.3 Å². The number of hydrogen-bond donors (Lipinski definition) is 1. The zero-order valence-corrected chi connectivity index (χ0v) is 25.1. The van der Waals surface area contributed by atoms with E-state index in [2.05, 4.69) is 4.98 Å². The Morgan fingerprint density at radius 1 is 0.956 bits per heavy atom. The second-order valence-electron chi connectivity index (χ2n) is 11.7. The summed E-state index contributed by atoms with van der Waals surface area (Å²) >= 11 is 1.29. The third kappa shape index (κ3) is 5.10. The molecular formula is C32H31N5O7S. The first-order valence-corrected chi connectivity index (χ1v) is 15.9. The Balaban J connectivity index is 1.21. The van der Waals surface area contributed by atoms with E-state index in [1.54, 1.807) is 45.8 Å². The van der Waals surface area contributed by atoms with Crippen LogP contribution < -0.4 is 4.74 Å². The summed E-state index contributed by atoms with van der Waals surface area (Å²) in [6, 6.07) is 10.7. The first-order chi connectivity index (χ1) is 21.8. The van der Waals surface area contributed by atoms with Gasteiger partial charge in [0.15, 0.2) is 0 Å². The molecule has 2 saturated heterocycles. The lowest BCUT2D eigenvalue weighted by atomic mass is 9.90. The SMILES string of the molecule is O=C(c1cncs1)N1CC[C@H](Oc2cccc3c2[C@@H](CN2C(=O)c4ccccc4C2=O)N(C(=O)[C@@H]2CCCN2C(=O)O)CC3)C1. The van der Waals surface area contributed by atoms with Crippen molar-refractivity contribution in [2.24, 2.45) is 0 Å². The summed E-state index contributed by atoms with van der Waals surface area (Å²) < 4.78 is 6.56. The standard InChI is InChI=1S/C32H31N5O7S/c38-28-21-6-1-2-7-22(21)29(39)37(28)17-24-27-19(10-14-35(24)30(40)23-8-4-12-36(23)32(42)43)5-3-9-25(27)44-20-11-13-34(16-20)31(41)26-15-33-18-45-26/h1-3,5-7,9,15,18,20,23-24H,4,8,10-14,16-17H2,(H,42,43)/t20-,23-,24+/m0/s1. The third-order valence-electron chi connectivity index (χ3n) is 9.16. The normalized spacial score (nSPS) is 22.5. The number of aromatic nitrogens is 1. The quantitative estimate of drug-likeness (QED) is 0.410. The van der Waals surface area contributed by atoms with Gasteiger partial charge in [-0.2, -0.15) is 0 Å². The highest BCUT2D eigenvalue weighted by Crippen LogP contribution is 2.40. The molecule has 12 nitrogen and oxygen atoms in total. The van der Waals surface area contributed by atoms with Crippen molar-refractivity contribution in [2.75, 3.05) is 32.7 Å². The number of carbonyl (C=O) groups excluding carboxylic acids is 4. The molecule has 4 aliphatic rings. The number of hydrogen-bond acceptors (Lipinski definition) is 8. The highest BCUT2D eigenvalue weighted by molar-refractivity contribution is 7.11. The highest BCUT2D eigenvalue weighted by Gasteiger charge is 2.45. The van der Waals surface area contributed by atoms with Gasteiger partial charge >= 0.3 is 6.09 Å². The van der Waals surface area contributed by atoms with Gasteiger partial charge in [0.2, 0.25) is 5.91 Å². The molecule has 0 unspecified atom stereocenters. The van der Waals surface area contributed by atoms with Gasteiger partial charge in [0.05, 0.1) is 42.0 Å². The first kappa shape index (κ1) is 29.0. The summed E-state index contributed by atoms with van der Waals surface area (Å²) in [5.41, 5.74) is 3.86. The van der Waals surface area contributed by atoms with Gasteiger partial charge < -0.3 is 19.6 Å². The van der Waals surface area contributed by atoms with Gasteiger partial charge in [0.25, 0.3) is 17.7 Å². The Bertz CT molecular complexity index is 1660. The Morgan fingerprint density at radius 3 is 2.44 bits per heavy atom. The first-order valence-electron chi connectivity index (χ1n) is 15.0. The van der Waals surface area contributed by atoms with Crippen LogP contribution in [0.3, 0.4) is 0 Å². The molecule has 0 aliphatic carbocycles. The molecule has 45 heavy (non-hydrogen) atoms. The van der Waals surface area contributed by atoms with Crippen LogP contribution in [0.1, 0.15) is 66.8 Å². The Kier molecular flexibility index (Phi) is 7.48. The van der Waals surface area contributed by atoms with Gasteiger partial charge in [-0.3, -0.25) is 34.0 Å². The van der Waals surface area contributed by atoms with Crippen molar-refractivity contribution in [3.8, 4) is 5.75 Å². The van der Waals surface area contributed by atoms with Gasteiger partial charge in [-0.15, -0.1) is 11.3 Å². The molecule has 7 rings (SSSR count). The van der Waals surface area contributed by atoms with Crippen molar-refractivity contribution < 1.29 is 33.8 Å². The molecule has 0 spiro atoms. The molecular weight excluding hydrogens is 598 g/mol. The third-order valence-corrected chi connectivity index (χ3v) is 9.92. The molecule has 1 N–H and O–H groups in total. The predicted molar refractivity (Wildman–Crippen MR) is 161 cm³/mol. The molecule has 2 aromatic carbocycles. The second kappa shape index (κ2) is 11.6. The number of likely N-dealkylation sites (tertiary alicyclic amines) is 2. The zero-order chi connectivity index (χ0) is 31.2. The van der Waals surface area contributed by atoms with Gasteiger partial charge in [0, 0.05) is 31.6 Å². The molecule has 5 amide bonds. The molecule has 232 valence electrons. The second-order valence-corrected chi connectivity index (χ2v) is 12.6. The largest absolute Gasteiger partial charge is 0.488 e. The predicted octanol–water partition coefficient (Wildman–Crippen LogP) is 3.30. The van der Waals surface area contributed by atoms with Crippen LogP contribution in [0.4, 0.5) is 4.79 Å². The lowest BCUT2D eigenvalue weighted by Gasteiger charge is -2.41. The monoisotopic (exact) mass is 629 g/mol. The molecule has 0 bridgehead atoms. The number of amides is 5. The van der Waals surface area contributed by atoms with Crippen LogP contribution in [0.15, 0.2) is 54.2 Å². The molecule has 5 heterocycles. The summed E-state index contributed by atoms with van der Waals surface area (Å²) in [7, 11) is 0. The fourth-order valence-corrected chi connectivity index (χ4v) is 7.57. The number of benzene rings is 2. The van der Waals surface area contributed by atoms with Crippen LogP contribution in [-0.4, -0.2) is 104 Å². The van der Waals surface area contributed by atoms with E-state index in [-0.39, 0.29) is 31.0 Å². The van der Waals surface area contributed by atoms with E-state index < -0.39 is 30.0 Å². The number of carboxylic acid groups (broad SMARTS) is 1. The topological polar surface area (TPSA) is 141 Å². The zero-order valence-electron chi connectivity index (χ0n) is 24.3. The van der Waals surface area contributed by atoms with Gasteiger partial charge in [-0.25, -0.2) is 4.79 Å². The van der Waals surface area contributed by atoms with Crippen LogP contribution in [0.25, 0.3) is 0 Å². The van der Waals surface area contributed by atoms with Crippen molar-refractivity contribution in [3.63, 3.8) is 0 Å². The number of nitrogens with zero attached hydrogens (tertiary/aromatic N) is 5. The Labute approximate surface area is 262 Å². The minimum atomic E-state index is -1.15. The van der Waals surface area contributed by atoms with Crippen molar-refractivity contribution in [1.82, 2.24) is 24.6 Å². The summed E-state index contributed by atoms with van der Waals surface area (Å²) in [6.45, 7) is 1.36. The molecule has 4 aliphatic heterocycles. The van der Waals surface area contributed by atoms with Crippen LogP contribution in [0.2, 0.25) is 0 Å². The molecule has 3 aromatic rings. The van der Waals surface area contributed by atoms with Gasteiger partial charge in [-0.1, -0.05) is 24.3 Å². The smallest absolute Gasteiger partial charge is 0.407 e. The van der Waals surface area contributed by atoms with Crippen LogP contribution >= 0.6 is 11.3 Å². The van der Waals surface area contributed by atoms with E-state index in [4.69, 9.17) is 4.74 Å². The molecule has 13 heteroatoms. The number of fused-ring (bicyclic) bond motifs is 2. The fourth-order valence-electron chi connectivity index (χ4n) is 6.98. The van der Waals surface area contributed by atoms with E-state index >= 15 is 0 Å². The minimum absolute atomic E-state index is 0.0986. The van der Waals surface area contributed by atoms with Crippen LogP contribution in [0, 0.1) is 0 Å². The summed E-state index contributed by atoms with van der Waals surface area (Å²) in [5.74, 6) is -0.799. The summed E-state index contributed by atoms with van der Waals surface area (Å²) in [5, 5.41) is 9.79. The molecule has 3 atom stereocenters. The van der Waals surface area contributed by atoms with E-state index in [0.29, 0.717) is 72.6 Å². The van der Waals surface area contributed by atoms with E-state index in [1.807, 2.05) is 18.2 Å². The Hall–Kier alpha value is -4.78. The van der Waals surface area contributed by atoms with Crippen LogP contribution in [0.5, 0.6) is 5.75 Å². The number of rotatable bonds is 6. The number of carbonyl (C=O) groups is 5. The van der Waals surface area contributed by atoms with Gasteiger partial charge in [0.1, 0.15) is 22.8 Å². The molecule has 0 radical (unpaired) electrons. The average Bonchev–Trinajstić information content (AvgIpc) is 3.87. The van der Waals surface area contributed by atoms with Crippen molar-refractivity contribution >= 4 is 41.1 Å². The van der Waals surface area contributed by atoms with Gasteiger partial charge in [-0.05, 0) is 43.0 Å². The fraction of sp³-hybridized carbons (Fsp3) is 0.375. The lowest BCUT2D eigenvalue weighted by Crippen LogP contribution is -2.53. The minimum Gasteiger partial charge on any atom is -0.488 e. The highest BCUT2D eigenvalue weighted by atomic mass is 32.1. The Morgan fingerprint density at radius 2 is 1.73 bits per heavy atom. The average molecular weight is 630 g/mol. The van der Waals surface area contributed by atoms with Crippen molar-refractivity contribution in [2.45, 2.75) is 43.9 Å². The maximum Gasteiger partial charge on any atom is 0.407 e. The molecule has 2 fully saturated rings.